The minimum absolute atomic E-state index is 0.0612. The Morgan fingerprint density at radius 2 is 1.00 bits per heavy atom. The molecule has 1 saturated carbocycles. The lowest BCUT2D eigenvalue weighted by Gasteiger charge is -2.43. The third-order valence-corrected chi connectivity index (χ3v) is 13.4. The number of rotatable bonds is 38. The molecule has 4 aliphatic rings. The van der Waals surface area contributed by atoms with Gasteiger partial charge in [0.1, 0.15) is 36.1 Å². The molecule has 0 aromatic heterocycles. The summed E-state index contributed by atoms with van der Waals surface area (Å²) in [5.74, 6) is -0.684. The Balaban J connectivity index is 1.06. The first-order valence-electron chi connectivity index (χ1n) is 25.4. The van der Waals surface area contributed by atoms with Gasteiger partial charge in [0.05, 0.1) is 31.5 Å². The largest absolute Gasteiger partial charge is 0.472 e. The molecule has 11 atom stereocenters. The van der Waals surface area contributed by atoms with Crippen LogP contribution in [0, 0.1) is 11.8 Å². The van der Waals surface area contributed by atoms with Gasteiger partial charge in [-0.2, -0.15) is 0 Å². The van der Waals surface area contributed by atoms with Gasteiger partial charge in [0.15, 0.2) is 6.29 Å². The smallest absolute Gasteiger partial charge is 0.208 e. The highest BCUT2D eigenvalue weighted by Gasteiger charge is 2.76. The van der Waals surface area contributed by atoms with Crippen molar-refractivity contribution in [2.75, 3.05) is 26.4 Å². The van der Waals surface area contributed by atoms with E-state index >= 15 is 0 Å². The minimum Gasteiger partial charge on any atom is -0.472 e. The van der Waals surface area contributed by atoms with Gasteiger partial charge in [0.2, 0.25) is 6.29 Å². The summed E-state index contributed by atoms with van der Waals surface area (Å²) in [6, 6.07) is 0. The Morgan fingerprint density at radius 1 is 0.525 bits per heavy atom. The SMILES string of the molecule is CCCCCCCC/C=C/CCCCCCCCOC[C@H]1O[C@@H](O[C@@H]2OC=C[C@H]3[C@H](O)[C@H]4O[C@@]4(COCCCCCCCC/C=C/CCCCCCCC)[C@@H]23)[C@H](O)[C@@H](O)[C@@H]1O. The molecule has 0 aromatic carbocycles. The maximum absolute atomic E-state index is 11.1. The van der Waals surface area contributed by atoms with Gasteiger partial charge in [0.25, 0.3) is 0 Å². The highest BCUT2D eigenvalue weighted by molar-refractivity contribution is 5.25. The van der Waals surface area contributed by atoms with E-state index in [0.29, 0.717) is 19.8 Å². The topological polar surface area (TPSA) is 140 Å². The summed E-state index contributed by atoms with van der Waals surface area (Å²) >= 11 is 0. The highest BCUT2D eigenvalue weighted by atomic mass is 16.8. The van der Waals surface area contributed by atoms with Crippen molar-refractivity contribution in [1.29, 1.82) is 0 Å². The van der Waals surface area contributed by atoms with Gasteiger partial charge in [-0.3, -0.25) is 0 Å². The van der Waals surface area contributed by atoms with E-state index in [4.69, 9.17) is 28.4 Å². The van der Waals surface area contributed by atoms with Crippen LogP contribution >= 0.6 is 0 Å². The van der Waals surface area contributed by atoms with E-state index in [-0.39, 0.29) is 12.5 Å². The zero-order valence-corrected chi connectivity index (χ0v) is 38.6. The monoisotopic (exact) mass is 863 g/mol. The van der Waals surface area contributed by atoms with Crippen LogP contribution < -0.4 is 0 Å². The first-order valence-corrected chi connectivity index (χ1v) is 25.4. The van der Waals surface area contributed by atoms with Gasteiger partial charge in [-0.15, -0.1) is 0 Å². The van der Waals surface area contributed by atoms with Gasteiger partial charge in [-0.25, -0.2) is 0 Å². The third kappa shape index (κ3) is 18.6. The lowest BCUT2D eigenvalue weighted by Crippen LogP contribution is -2.60. The minimum atomic E-state index is -1.50. The third-order valence-electron chi connectivity index (χ3n) is 13.4. The van der Waals surface area contributed by atoms with Crippen LogP contribution in [0.3, 0.4) is 0 Å². The predicted octanol–water partition coefficient (Wildman–Crippen LogP) is 10.5. The van der Waals surface area contributed by atoms with E-state index in [1.54, 1.807) is 0 Å². The van der Waals surface area contributed by atoms with Crippen molar-refractivity contribution in [2.45, 2.75) is 248 Å². The maximum Gasteiger partial charge on any atom is 0.208 e. The Kier molecular flexibility index (Phi) is 27.0. The van der Waals surface area contributed by atoms with Gasteiger partial charge >= 0.3 is 0 Å². The molecule has 354 valence electrons. The van der Waals surface area contributed by atoms with Crippen molar-refractivity contribution in [1.82, 2.24) is 0 Å². The summed E-state index contributed by atoms with van der Waals surface area (Å²) in [6.07, 6.45) is 39.2. The normalized spacial score (nSPS) is 30.7. The van der Waals surface area contributed by atoms with E-state index in [9.17, 15) is 20.4 Å². The summed E-state index contributed by atoms with van der Waals surface area (Å²) in [7, 11) is 0. The zero-order chi connectivity index (χ0) is 43.4. The molecule has 4 N–H and O–H groups in total. The van der Waals surface area contributed by atoms with Crippen molar-refractivity contribution < 1.29 is 48.8 Å². The fourth-order valence-electron chi connectivity index (χ4n) is 9.48. The molecule has 10 nitrogen and oxygen atoms in total. The van der Waals surface area contributed by atoms with Gasteiger partial charge in [-0.05, 0) is 70.3 Å². The molecule has 2 saturated heterocycles. The number of hydrogen-bond acceptors (Lipinski definition) is 10. The molecule has 0 unspecified atom stereocenters. The summed E-state index contributed by atoms with van der Waals surface area (Å²) in [5.41, 5.74) is -0.771. The standard InChI is InChI=1S/C51H90O10/c1-3-5-7-9-11-13-15-17-19-21-23-25-27-29-31-33-36-56-39-42-45(53)46(54)47(55)50(59-42)60-49-43-41(35-38-58-49)44(52)48-51(43,61-48)40-57-37-34-32-30-28-26-24-22-20-18-16-14-12-10-8-6-4-2/h17-20,35,38,41-50,52-55H,3-16,21-34,36-37,39-40H2,1-2H3/b19-17+,20-18+/t41-,42-,43-,44+,45-,46+,47-,48-,49+,50+,51+/m1/s1. The number of allylic oxidation sites excluding steroid dienone is 4. The summed E-state index contributed by atoms with van der Waals surface area (Å²) in [4.78, 5) is 0. The van der Waals surface area contributed by atoms with Gasteiger partial charge < -0.3 is 48.8 Å². The average Bonchev–Trinajstić information content (AvgIpc) is 3.95. The van der Waals surface area contributed by atoms with Crippen LogP contribution in [0.4, 0.5) is 0 Å². The van der Waals surface area contributed by atoms with Crippen LogP contribution in [-0.4, -0.2) is 102 Å². The van der Waals surface area contributed by atoms with Crippen LogP contribution in [0.15, 0.2) is 36.6 Å². The second-order valence-corrected chi connectivity index (χ2v) is 18.6. The van der Waals surface area contributed by atoms with Gasteiger partial charge in [-0.1, -0.05) is 154 Å². The molecule has 0 bridgehead atoms. The lowest BCUT2D eigenvalue weighted by atomic mass is 9.85. The molecule has 3 fully saturated rings. The van der Waals surface area contributed by atoms with Crippen molar-refractivity contribution in [3.63, 3.8) is 0 Å². The van der Waals surface area contributed by atoms with E-state index in [0.717, 1.165) is 32.1 Å². The van der Waals surface area contributed by atoms with Crippen molar-refractivity contribution in [2.24, 2.45) is 11.8 Å². The number of aliphatic hydroxyl groups excluding tert-OH is 4. The maximum atomic E-state index is 11.1. The quantitative estimate of drug-likeness (QED) is 0.0269. The number of epoxide rings is 1. The Bertz CT molecular complexity index is 1180. The average molecular weight is 863 g/mol. The first-order chi connectivity index (χ1) is 29.9. The molecule has 3 heterocycles. The Labute approximate surface area is 371 Å². The lowest BCUT2D eigenvalue weighted by molar-refractivity contribution is -0.345. The molecule has 61 heavy (non-hydrogen) atoms. The number of aliphatic hydroxyl groups is 4. The Morgan fingerprint density at radius 3 is 1.52 bits per heavy atom. The van der Waals surface area contributed by atoms with Crippen molar-refractivity contribution in [3.8, 4) is 0 Å². The molecule has 0 amide bonds. The molecule has 3 aliphatic heterocycles. The number of unbranched alkanes of at least 4 members (excludes halogenated alkanes) is 24. The van der Waals surface area contributed by atoms with Crippen LogP contribution in [0.25, 0.3) is 0 Å². The van der Waals surface area contributed by atoms with Crippen LogP contribution in [0.2, 0.25) is 0 Å². The van der Waals surface area contributed by atoms with Crippen molar-refractivity contribution in [3.05, 3.63) is 36.6 Å². The second-order valence-electron chi connectivity index (χ2n) is 18.6. The number of hydrogen-bond donors (Lipinski definition) is 4. The van der Waals surface area contributed by atoms with E-state index < -0.39 is 60.7 Å². The van der Waals surface area contributed by atoms with Crippen molar-refractivity contribution >= 4 is 0 Å². The zero-order valence-electron chi connectivity index (χ0n) is 38.6. The van der Waals surface area contributed by atoms with E-state index in [1.807, 2.05) is 6.08 Å². The molecule has 0 radical (unpaired) electrons. The van der Waals surface area contributed by atoms with Gasteiger partial charge in [0, 0.05) is 19.1 Å². The summed E-state index contributed by atoms with van der Waals surface area (Å²) in [6.45, 7) is 6.03. The first kappa shape index (κ1) is 52.3. The molecular formula is C51H90O10. The number of ether oxygens (including phenoxy) is 6. The fraction of sp³-hybridized carbons (Fsp3) is 0.882. The fourth-order valence-corrected chi connectivity index (χ4v) is 9.48. The predicted molar refractivity (Wildman–Crippen MR) is 243 cm³/mol. The van der Waals surface area contributed by atoms with Crippen LogP contribution in [0.5, 0.6) is 0 Å². The van der Waals surface area contributed by atoms with E-state index in [2.05, 4.69) is 38.2 Å². The molecule has 0 aromatic rings. The van der Waals surface area contributed by atoms with Crippen LogP contribution in [0.1, 0.15) is 194 Å². The summed E-state index contributed by atoms with van der Waals surface area (Å²) in [5, 5.41) is 43.5. The molecule has 4 rings (SSSR count). The molecule has 0 spiro atoms. The summed E-state index contributed by atoms with van der Waals surface area (Å²) < 4.78 is 36.3. The molecular weight excluding hydrogens is 773 g/mol. The molecule has 1 aliphatic carbocycles. The van der Waals surface area contributed by atoms with E-state index in [1.165, 1.54) is 154 Å². The Hall–Kier alpha value is -1.34. The highest BCUT2D eigenvalue weighted by Crippen LogP contribution is 2.60. The second kappa shape index (κ2) is 31.5. The molecule has 10 heteroatoms. The van der Waals surface area contributed by atoms with Crippen LogP contribution in [-0.2, 0) is 28.4 Å². The number of fused-ring (bicyclic) bond motifs is 3.